The van der Waals surface area contributed by atoms with E-state index in [0.717, 1.165) is 11.8 Å². The van der Waals surface area contributed by atoms with Crippen LogP contribution in [-0.4, -0.2) is 6.29 Å². The molecule has 0 heterocycles. The van der Waals surface area contributed by atoms with Crippen LogP contribution in [-0.2, 0) is 0 Å². The van der Waals surface area contributed by atoms with E-state index < -0.39 is 0 Å². The lowest BCUT2D eigenvalue weighted by Gasteiger charge is -1.98. The molecule has 0 radical (unpaired) electrons. The lowest BCUT2D eigenvalue weighted by atomic mass is 10.2. The molecule has 0 bridgehead atoms. The maximum absolute atomic E-state index is 10.1. The third-order valence-corrected chi connectivity index (χ3v) is 1.21. The second-order valence-electron chi connectivity index (χ2n) is 1.90. The lowest BCUT2D eigenvalue weighted by molar-refractivity contribution is -0.497. The van der Waals surface area contributed by atoms with E-state index in [0.29, 0.717) is 11.3 Å². The molecule has 1 aromatic rings. The van der Waals surface area contributed by atoms with Crippen molar-refractivity contribution in [1.29, 1.82) is 0 Å². The summed E-state index contributed by atoms with van der Waals surface area (Å²) in [6, 6.07) is 6.43. The average molecular weight is 137 g/mol. The van der Waals surface area contributed by atoms with Gasteiger partial charge in [-0.05, 0) is 24.3 Å². The number of nitrogens with two attached hydrogens (primary N) is 1. The van der Waals surface area contributed by atoms with Crippen LogP contribution in [0.5, 0.6) is 0 Å². The minimum Gasteiger partial charge on any atom is -0.630 e. The van der Waals surface area contributed by atoms with Gasteiger partial charge in [-0.1, -0.05) is 0 Å². The van der Waals surface area contributed by atoms with Crippen LogP contribution in [0.3, 0.4) is 0 Å². The van der Waals surface area contributed by atoms with E-state index in [1.54, 1.807) is 24.3 Å². The van der Waals surface area contributed by atoms with Crippen molar-refractivity contribution in [1.82, 2.24) is 0 Å². The van der Waals surface area contributed by atoms with Crippen LogP contribution < -0.4 is 5.48 Å². The number of carbonyl (C=O) groups excluding carboxylic acids is 1. The number of rotatable bonds is 2. The van der Waals surface area contributed by atoms with E-state index in [4.69, 9.17) is 0 Å². The maximum atomic E-state index is 10.1. The highest BCUT2D eigenvalue weighted by Crippen LogP contribution is 2.00. The van der Waals surface area contributed by atoms with E-state index >= 15 is 0 Å². The summed E-state index contributed by atoms with van der Waals surface area (Å²) in [6.07, 6.45) is 0.745. The summed E-state index contributed by atoms with van der Waals surface area (Å²) in [5.74, 6) is 0. The first-order valence-corrected chi connectivity index (χ1v) is 2.87. The van der Waals surface area contributed by atoms with E-state index in [2.05, 4.69) is 0 Å². The van der Waals surface area contributed by atoms with Gasteiger partial charge >= 0.3 is 0 Å². The number of aldehydes is 1. The molecule has 1 aromatic carbocycles. The molecule has 0 aliphatic carbocycles. The first-order valence-electron chi connectivity index (χ1n) is 2.87. The van der Waals surface area contributed by atoms with E-state index in [1.807, 2.05) is 0 Å². The Hall–Kier alpha value is -1.19. The highest BCUT2D eigenvalue weighted by Gasteiger charge is 1.90. The van der Waals surface area contributed by atoms with Gasteiger partial charge in [0.15, 0.2) is 0 Å². The molecule has 0 aliphatic heterocycles. The number of benzene rings is 1. The summed E-state index contributed by atoms with van der Waals surface area (Å²) in [5.41, 5.74) is 1.92. The van der Waals surface area contributed by atoms with E-state index in [1.165, 1.54) is 0 Å². The zero-order valence-electron chi connectivity index (χ0n) is 5.28. The monoisotopic (exact) mass is 137 g/mol. The molecule has 0 aromatic heterocycles. The molecule has 0 fully saturated rings. The summed E-state index contributed by atoms with van der Waals surface area (Å²) >= 11 is 0. The predicted molar refractivity (Wildman–Crippen MR) is 36.8 cm³/mol. The number of quaternary nitrogens is 1. The van der Waals surface area contributed by atoms with Crippen molar-refractivity contribution in [2.24, 2.45) is 0 Å². The van der Waals surface area contributed by atoms with Crippen molar-refractivity contribution >= 4 is 12.0 Å². The van der Waals surface area contributed by atoms with Crippen molar-refractivity contribution in [3.8, 4) is 0 Å². The molecule has 0 amide bonds. The molecule has 0 atom stereocenters. The highest BCUT2D eigenvalue weighted by molar-refractivity contribution is 5.75. The van der Waals surface area contributed by atoms with Crippen LogP contribution in [0.1, 0.15) is 10.4 Å². The predicted octanol–water partition coefficient (Wildman–Crippen LogP) is 0.192. The largest absolute Gasteiger partial charge is 0.630 e. The van der Waals surface area contributed by atoms with Crippen LogP contribution in [0.2, 0.25) is 0 Å². The molecule has 1 rings (SSSR count). The second-order valence-corrected chi connectivity index (χ2v) is 1.90. The lowest BCUT2D eigenvalue weighted by Crippen LogP contribution is -2.70. The zero-order chi connectivity index (χ0) is 7.40. The van der Waals surface area contributed by atoms with E-state index in [-0.39, 0.29) is 0 Å². The zero-order valence-corrected chi connectivity index (χ0v) is 5.28. The Morgan fingerprint density at radius 2 is 1.90 bits per heavy atom. The Morgan fingerprint density at radius 1 is 1.30 bits per heavy atom. The molecular weight excluding hydrogens is 130 g/mol. The SMILES string of the molecule is O=Cc1ccc([NH2+][O-])cc1. The fourth-order valence-electron chi connectivity index (χ4n) is 0.653. The third kappa shape index (κ3) is 1.40. The standard InChI is InChI=1S/C7H7NO2/c9-5-6-1-3-7(8-10)4-2-6/h1-5H,8H2. The number of hydrogen-bond donors (Lipinski definition) is 1. The molecule has 0 spiro atoms. The summed E-state index contributed by atoms with van der Waals surface area (Å²) in [7, 11) is 0. The number of carbonyl (C=O) groups is 1. The fourth-order valence-corrected chi connectivity index (χ4v) is 0.653. The Bertz CT molecular complexity index is 218. The molecular formula is C7H7NO2. The van der Waals surface area contributed by atoms with Crippen molar-refractivity contribution in [2.75, 3.05) is 0 Å². The van der Waals surface area contributed by atoms with Gasteiger partial charge in [-0.25, -0.2) is 0 Å². The third-order valence-electron chi connectivity index (χ3n) is 1.21. The quantitative estimate of drug-likeness (QED) is 0.359. The Balaban J connectivity index is 2.90. The molecule has 2 N–H and O–H groups in total. The van der Waals surface area contributed by atoms with Crippen LogP contribution >= 0.6 is 0 Å². The van der Waals surface area contributed by atoms with E-state index in [9.17, 15) is 10.0 Å². The van der Waals surface area contributed by atoms with Gasteiger partial charge in [0.05, 0.1) is 0 Å². The second kappa shape index (κ2) is 3.10. The molecule has 3 heteroatoms. The summed E-state index contributed by atoms with van der Waals surface area (Å²) in [6.45, 7) is 0. The highest BCUT2D eigenvalue weighted by atomic mass is 16.5. The van der Waals surface area contributed by atoms with Crippen molar-refractivity contribution in [3.05, 3.63) is 35.0 Å². The minimum atomic E-state index is 0.589. The van der Waals surface area contributed by atoms with Gasteiger partial charge in [0, 0.05) is 5.56 Å². The van der Waals surface area contributed by atoms with Crippen LogP contribution in [0.15, 0.2) is 24.3 Å². The summed E-state index contributed by atoms with van der Waals surface area (Å²) in [4.78, 5) is 10.1. The van der Waals surface area contributed by atoms with Crippen molar-refractivity contribution in [3.63, 3.8) is 0 Å². The molecule has 10 heavy (non-hydrogen) atoms. The first kappa shape index (κ1) is 6.92. The fraction of sp³-hybridized carbons (Fsp3) is 0. The van der Waals surface area contributed by atoms with Gasteiger partial charge in [0.2, 0.25) is 0 Å². The van der Waals surface area contributed by atoms with Gasteiger partial charge in [-0.2, -0.15) is 0 Å². The topological polar surface area (TPSA) is 56.7 Å². The van der Waals surface area contributed by atoms with Crippen LogP contribution in [0.25, 0.3) is 0 Å². The van der Waals surface area contributed by atoms with Crippen LogP contribution in [0, 0.1) is 5.21 Å². The molecule has 0 unspecified atom stereocenters. The molecule has 3 nitrogen and oxygen atoms in total. The van der Waals surface area contributed by atoms with Gasteiger partial charge in [0.25, 0.3) is 0 Å². The molecule has 52 valence electrons. The Kier molecular flexibility index (Phi) is 2.15. The van der Waals surface area contributed by atoms with Gasteiger partial charge in [-0.15, -0.1) is 0 Å². The minimum absolute atomic E-state index is 0.589. The van der Waals surface area contributed by atoms with Crippen molar-refractivity contribution < 1.29 is 10.3 Å². The summed E-state index contributed by atoms with van der Waals surface area (Å²) < 4.78 is 0. The molecule has 0 saturated heterocycles. The normalized spacial score (nSPS) is 9.30. The maximum Gasteiger partial charge on any atom is 0.150 e. The number of hydrogen-bond acceptors (Lipinski definition) is 2. The first-order chi connectivity index (χ1) is 4.86. The average Bonchev–Trinajstić information content (AvgIpc) is 2.05. The van der Waals surface area contributed by atoms with Crippen LogP contribution in [0.4, 0.5) is 5.69 Å². The molecule has 0 saturated carbocycles. The summed E-state index contributed by atoms with van der Waals surface area (Å²) in [5, 5.41) is 10.1. The molecule has 0 aliphatic rings. The van der Waals surface area contributed by atoms with Gasteiger partial charge in [-0.3, -0.25) is 4.79 Å². The van der Waals surface area contributed by atoms with Crippen molar-refractivity contribution in [2.45, 2.75) is 0 Å². The Morgan fingerprint density at radius 3 is 2.30 bits per heavy atom. The smallest absolute Gasteiger partial charge is 0.150 e. The van der Waals surface area contributed by atoms with Gasteiger partial charge in [0.1, 0.15) is 12.0 Å². The van der Waals surface area contributed by atoms with Gasteiger partial charge < -0.3 is 10.7 Å². The Labute approximate surface area is 58.3 Å².